The Balaban J connectivity index is 1.30. The summed E-state index contributed by atoms with van der Waals surface area (Å²) in [5, 5.41) is 2.22. The summed E-state index contributed by atoms with van der Waals surface area (Å²) in [5.41, 5.74) is 2.59. The van der Waals surface area contributed by atoms with Gasteiger partial charge in [-0.25, -0.2) is 0 Å². The summed E-state index contributed by atoms with van der Waals surface area (Å²) in [4.78, 5) is 18.6. The molecule has 2 aliphatic heterocycles. The van der Waals surface area contributed by atoms with Crippen LogP contribution in [0.2, 0.25) is 0 Å². The number of benzene rings is 1. The number of carbonyl (C=O) groups excluding carboxylic acids is 1. The number of fused-ring (bicyclic) bond motifs is 1. The lowest BCUT2D eigenvalue weighted by atomic mass is 9.99. The average Bonchev–Trinajstić information content (AvgIpc) is 3.15. The number of amides is 1. The number of likely N-dealkylation sites (tertiary alicyclic amines) is 1. The van der Waals surface area contributed by atoms with Gasteiger partial charge in [-0.3, -0.25) is 9.69 Å². The highest BCUT2D eigenvalue weighted by Gasteiger charge is 2.28. The predicted octanol–water partition coefficient (Wildman–Crippen LogP) is 3.81. The second kappa shape index (κ2) is 7.54. The maximum absolute atomic E-state index is 12.4. The Bertz CT molecular complexity index is 744. The zero-order valence-electron chi connectivity index (χ0n) is 14.4. The van der Waals surface area contributed by atoms with Crippen molar-refractivity contribution in [3.8, 4) is 0 Å². The predicted molar refractivity (Wildman–Crippen MR) is 104 cm³/mol. The van der Waals surface area contributed by atoms with Crippen molar-refractivity contribution in [3.63, 3.8) is 0 Å². The van der Waals surface area contributed by atoms with Crippen LogP contribution < -0.4 is 0 Å². The van der Waals surface area contributed by atoms with Crippen molar-refractivity contribution in [3.05, 3.63) is 63.9 Å². The van der Waals surface area contributed by atoms with Crippen molar-refractivity contribution in [2.24, 2.45) is 0 Å². The van der Waals surface area contributed by atoms with Crippen molar-refractivity contribution >= 4 is 23.3 Å². The number of thiophene rings is 1. The standard InChI is InChI=1S/C21H24N2OS/c24-21(7-6-17-4-2-1-3-5-17)22-12-8-19(9-13-22)23-14-10-20-18(16-23)11-15-25-20/h1-7,11,15,19H,8-10,12-14,16H2/b7-6+. The molecule has 0 radical (unpaired) electrons. The first-order valence-corrected chi connectivity index (χ1v) is 9.99. The van der Waals surface area contributed by atoms with Crippen LogP contribution in [0.15, 0.2) is 47.9 Å². The van der Waals surface area contributed by atoms with Crippen LogP contribution in [0, 0.1) is 0 Å². The van der Waals surface area contributed by atoms with E-state index in [0.717, 1.165) is 38.0 Å². The van der Waals surface area contributed by atoms with Gasteiger partial charge in [-0.15, -0.1) is 11.3 Å². The topological polar surface area (TPSA) is 23.6 Å². The first-order valence-electron chi connectivity index (χ1n) is 9.11. The second-order valence-corrected chi connectivity index (χ2v) is 7.89. The van der Waals surface area contributed by atoms with Gasteiger partial charge < -0.3 is 4.90 Å². The molecule has 1 saturated heterocycles. The van der Waals surface area contributed by atoms with E-state index in [1.54, 1.807) is 11.0 Å². The van der Waals surface area contributed by atoms with Crippen molar-refractivity contribution in [1.82, 2.24) is 9.80 Å². The highest BCUT2D eigenvalue weighted by atomic mass is 32.1. The van der Waals surface area contributed by atoms with Gasteiger partial charge in [-0.2, -0.15) is 0 Å². The molecule has 0 bridgehead atoms. The lowest BCUT2D eigenvalue weighted by Crippen LogP contribution is -2.47. The molecule has 2 aromatic rings. The molecule has 0 spiro atoms. The van der Waals surface area contributed by atoms with Gasteiger partial charge in [0.05, 0.1) is 0 Å². The first-order chi connectivity index (χ1) is 12.3. The van der Waals surface area contributed by atoms with E-state index in [9.17, 15) is 4.79 Å². The Morgan fingerprint density at radius 2 is 1.88 bits per heavy atom. The van der Waals surface area contributed by atoms with E-state index in [1.165, 1.54) is 18.5 Å². The lowest BCUT2D eigenvalue weighted by molar-refractivity contribution is -0.127. The third-order valence-electron chi connectivity index (χ3n) is 5.35. The Labute approximate surface area is 153 Å². The van der Waals surface area contributed by atoms with Crippen LogP contribution >= 0.6 is 11.3 Å². The third kappa shape index (κ3) is 3.86. The van der Waals surface area contributed by atoms with Crippen LogP contribution in [0.4, 0.5) is 0 Å². The summed E-state index contributed by atoms with van der Waals surface area (Å²) in [6.45, 7) is 4.00. The zero-order chi connectivity index (χ0) is 17.1. The summed E-state index contributed by atoms with van der Waals surface area (Å²) in [5.74, 6) is 0.140. The van der Waals surface area contributed by atoms with Gasteiger partial charge in [-0.05, 0) is 47.9 Å². The lowest BCUT2D eigenvalue weighted by Gasteiger charge is -2.40. The highest BCUT2D eigenvalue weighted by molar-refractivity contribution is 7.10. The second-order valence-electron chi connectivity index (χ2n) is 6.89. The number of piperidine rings is 1. The van der Waals surface area contributed by atoms with E-state index in [-0.39, 0.29) is 5.91 Å². The van der Waals surface area contributed by atoms with Crippen molar-refractivity contribution < 1.29 is 4.79 Å². The number of rotatable bonds is 3. The van der Waals surface area contributed by atoms with Gasteiger partial charge in [0.25, 0.3) is 0 Å². The maximum Gasteiger partial charge on any atom is 0.246 e. The van der Waals surface area contributed by atoms with Crippen LogP contribution in [0.5, 0.6) is 0 Å². The molecule has 0 N–H and O–H groups in total. The summed E-state index contributed by atoms with van der Waals surface area (Å²) in [6.07, 6.45) is 6.99. The van der Waals surface area contributed by atoms with Crippen molar-refractivity contribution in [2.45, 2.75) is 31.8 Å². The quantitative estimate of drug-likeness (QED) is 0.784. The molecule has 130 valence electrons. The van der Waals surface area contributed by atoms with Gasteiger partial charge in [0.15, 0.2) is 0 Å². The van der Waals surface area contributed by atoms with Crippen LogP contribution in [-0.4, -0.2) is 41.4 Å². The normalized spacial score (nSPS) is 19.3. The maximum atomic E-state index is 12.4. The Hall–Kier alpha value is -1.91. The smallest absolute Gasteiger partial charge is 0.246 e. The molecule has 0 saturated carbocycles. The van der Waals surface area contributed by atoms with E-state index in [0.29, 0.717) is 6.04 Å². The van der Waals surface area contributed by atoms with E-state index in [1.807, 2.05) is 52.6 Å². The highest BCUT2D eigenvalue weighted by Crippen LogP contribution is 2.28. The van der Waals surface area contributed by atoms with Gasteiger partial charge >= 0.3 is 0 Å². The van der Waals surface area contributed by atoms with Gasteiger partial charge in [0.2, 0.25) is 5.91 Å². The summed E-state index contributed by atoms with van der Waals surface area (Å²) in [7, 11) is 0. The van der Waals surface area contributed by atoms with E-state index >= 15 is 0 Å². The average molecular weight is 353 g/mol. The molecule has 1 fully saturated rings. The summed E-state index contributed by atoms with van der Waals surface area (Å²) >= 11 is 1.89. The summed E-state index contributed by atoms with van der Waals surface area (Å²) in [6, 6.07) is 12.9. The Morgan fingerprint density at radius 3 is 2.68 bits per heavy atom. The van der Waals surface area contributed by atoms with Crippen LogP contribution in [0.3, 0.4) is 0 Å². The SMILES string of the molecule is O=C(/C=C/c1ccccc1)N1CCC(N2CCc3sccc3C2)CC1. The van der Waals surface area contributed by atoms with Gasteiger partial charge in [-0.1, -0.05) is 30.3 Å². The zero-order valence-corrected chi connectivity index (χ0v) is 15.3. The van der Waals surface area contributed by atoms with Crippen LogP contribution in [0.25, 0.3) is 6.08 Å². The molecule has 25 heavy (non-hydrogen) atoms. The Morgan fingerprint density at radius 1 is 1.08 bits per heavy atom. The molecule has 3 nitrogen and oxygen atoms in total. The molecule has 1 amide bonds. The molecule has 1 aromatic carbocycles. The monoisotopic (exact) mass is 352 g/mol. The molecule has 0 aliphatic carbocycles. The van der Waals surface area contributed by atoms with Crippen molar-refractivity contribution in [1.29, 1.82) is 0 Å². The molecule has 1 aromatic heterocycles. The minimum atomic E-state index is 0.140. The molecule has 4 heteroatoms. The fraction of sp³-hybridized carbons (Fsp3) is 0.381. The fourth-order valence-electron chi connectivity index (χ4n) is 3.87. The largest absolute Gasteiger partial charge is 0.339 e. The minimum Gasteiger partial charge on any atom is -0.339 e. The van der Waals surface area contributed by atoms with Gasteiger partial charge in [0, 0.05) is 43.2 Å². The molecule has 4 rings (SSSR count). The minimum absolute atomic E-state index is 0.140. The number of nitrogens with zero attached hydrogens (tertiary/aromatic N) is 2. The molecular weight excluding hydrogens is 328 g/mol. The molecule has 3 heterocycles. The van der Waals surface area contributed by atoms with Crippen LogP contribution in [-0.2, 0) is 17.8 Å². The number of hydrogen-bond acceptors (Lipinski definition) is 3. The third-order valence-corrected chi connectivity index (χ3v) is 6.37. The van der Waals surface area contributed by atoms with Crippen molar-refractivity contribution in [2.75, 3.05) is 19.6 Å². The first kappa shape index (κ1) is 16.6. The number of hydrogen-bond donors (Lipinski definition) is 0. The molecule has 0 atom stereocenters. The molecular formula is C21H24N2OS. The molecule has 2 aliphatic rings. The van der Waals surface area contributed by atoms with E-state index in [2.05, 4.69) is 16.3 Å². The van der Waals surface area contributed by atoms with E-state index in [4.69, 9.17) is 0 Å². The fourth-order valence-corrected chi connectivity index (χ4v) is 4.76. The molecule has 0 unspecified atom stereocenters. The Kier molecular flexibility index (Phi) is 4.99. The number of carbonyl (C=O) groups is 1. The van der Waals surface area contributed by atoms with Gasteiger partial charge in [0.1, 0.15) is 0 Å². The van der Waals surface area contributed by atoms with Crippen LogP contribution in [0.1, 0.15) is 28.8 Å². The van der Waals surface area contributed by atoms with E-state index < -0.39 is 0 Å². The summed E-state index contributed by atoms with van der Waals surface area (Å²) < 4.78 is 0.